The van der Waals surface area contributed by atoms with Gasteiger partial charge in [-0.05, 0) is 40.9 Å². The van der Waals surface area contributed by atoms with E-state index in [9.17, 15) is 4.79 Å². The standard InChI is InChI=1S/C11H11BrCl2O/c12-9-5-4-8(7-10(9)14)11(15)3-1-2-6-13/h4-5,7H,1-3,6H2. The van der Waals surface area contributed by atoms with Gasteiger partial charge >= 0.3 is 0 Å². The van der Waals surface area contributed by atoms with Crippen molar-refractivity contribution in [2.24, 2.45) is 0 Å². The summed E-state index contributed by atoms with van der Waals surface area (Å²) in [5.41, 5.74) is 0.665. The largest absolute Gasteiger partial charge is 0.294 e. The summed E-state index contributed by atoms with van der Waals surface area (Å²) in [4.78, 5) is 11.7. The van der Waals surface area contributed by atoms with Crippen molar-refractivity contribution in [3.63, 3.8) is 0 Å². The summed E-state index contributed by atoms with van der Waals surface area (Å²) in [6, 6.07) is 5.25. The molecule has 0 aliphatic rings. The summed E-state index contributed by atoms with van der Waals surface area (Å²) in [5, 5.41) is 0.568. The highest BCUT2D eigenvalue weighted by molar-refractivity contribution is 9.10. The highest BCUT2D eigenvalue weighted by atomic mass is 79.9. The zero-order valence-corrected chi connectivity index (χ0v) is 11.2. The number of carbonyl (C=O) groups is 1. The molecule has 1 aromatic rings. The number of alkyl halides is 1. The van der Waals surface area contributed by atoms with E-state index in [0.29, 0.717) is 22.9 Å². The van der Waals surface area contributed by atoms with Gasteiger partial charge in [-0.1, -0.05) is 17.7 Å². The monoisotopic (exact) mass is 308 g/mol. The smallest absolute Gasteiger partial charge is 0.162 e. The summed E-state index contributed by atoms with van der Waals surface area (Å²) < 4.78 is 0.807. The van der Waals surface area contributed by atoms with Crippen molar-refractivity contribution in [1.82, 2.24) is 0 Å². The summed E-state index contributed by atoms with van der Waals surface area (Å²) in [6.45, 7) is 0. The van der Waals surface area contributed by atoms with Crippen molar-refractivity contribution in [1.29, 1.82) is 0 Å². The number of rotatable bonds is 5. The average Bonchev–Trinajstić information content (AvgIpc) is 2.22. The van der Waals surface area contributed by atoms with Gasteiger partial charge in [-0.25, -0.2) is 0 Å². The zero-order valence-electron chi connectivity index (χ0n) is 8.10. The molecule has 1 rings (SSSR count). The molecule has 4 heteroatoms. The molecule has 82 valence electrons. The first kappa shape index (κ1) is 13.0. The Kier molecular flexibility index (Phi) is 5.65. The molecular formula is C11H11BrCl2O. The molecule has 0 N–H and O–H groups in total. The highest BCUT2D eigenvalue weighted by Crippen LogP contribution is 2.24. The average molecular weight is 310 g/mol. The Labute approximate surface area is 108 Å². The molecule has 0 saturated carbocycles. The molecule has 0 radical (unpaired) electrons. The molecular weight excluding hydrogens is 299 g/mol. The van der Waals surface area contributed by atoms with Gasteiger partial charge in [0.15, 0.2) is 5.78 Å². The summed E-state index contributed by atoms with van der Waals surface area (Å²) in [5.74, 6) is 0.725. The quantitative estimate of drug-likeness (QED) is 0.438. The fraction of sp³-hybridized carbons (Fsp3) is 0.364. The van der Waals surface area contributed by atoms with E-state index < -0.39 is 0 Å². The SMILES string of the molecule is O=C(CCCCCl)c1ccc(Br)c(Cl)c1. The molecule has 0 fully saturated rings. The van der Waals surface area contributed by atoms with E-state index in [-0.39, 0.29) is 5.78 Å². The molecule has 0 amide bonds. The normalized spacial score (nSPS) is 10.3. The number of halogens is 3. The first-order chi connectivity index (χ1) is 7.15. The molecule has 0 aliphatic heterocycles. The Morgan fingerprint density at radius 3 is 2.67 bits per heavy atom. The van der Waals surface area contributed by atoms with Crippen molar-refractivity contribution in [2.45, 2.75) is 19.3 Å². The second-order valence-electron chi connectivity index (χ2n) is 3.20. The molecule has 0 aromatic heterocycles. The maximum atomic E-state index is 11.7. The lowest BCUT2D eigenvalue weighted by Gasteiger charge is -2.02. The second kappa shape index (κ2) is 6.51. The number of unbranched alkanes of at least 4 members (excludes halogenated alkanes) is 1. The Morgan fingerprint density at radius 1 is 1.33 bits per heavy atom. The van der Waals surface area contributed by atoms with Gasteiger partial charge in [-0.3, -0.25) is 4.79 Å². The Balaban J connectivity index is 2.62. The number of carbonyl (C=O) groups excluding carboxylic acids is 1. The molecule has 0 unspecified atom stereocenters. The van der Waals surface area contributed by atoms with Crippen molar-refractivity contribution in [3.8, 4) is 0 Å². The predicted molar refractivity (Wildman–Crippen MR) is 68.1 cm³/mol. The minimum atomic E-state index is 0.120. The molecule has 0 aliphatic carbocycles. The van der Waals surface area contributed by atoms with Gasteiger partial charge in [0.2, 0.25) is 0 Å². The number of hydrogen-bond donors (Lipinski definition) is 0. The number of hydrogen-bond acceptors (Lipinski definition) is 1. The maximum absolute atomic E-state index is 11.7. The van der Waals surface area contributed by atoms with Crippen LogP contribution in [0, 0.1) is 0 Å². The molecule has 1 aromatic carbocycles. The topological polar surface area (TPSA) is 17.1 Å². The zero-order chi connectivity index (χ0) is 11.3. The fourth-order valence-corrected chi connectivity index (χ4v) is 1.81. The lowest BCUT2D eigenvalue weighted by Crippen LogP contribution is -1.99. The lowest BCUT2D eigenvalue weighted by molar-refractivity contribution is 0.0980. The Hall–Kier alpha value is -0.0500. The summed E-state index contributed by atoms with van der Waals surface area (Å²) in [6.07, 6.45) is 2.23. The van der Waals surface area contributed by atoms with E-state index >= 15 is 0 Å². The molecule has 0 atom stereocenters. The van der Waals surface area contributed by atoms with E-state index in [0.717, 1.165) is 17.3 Å². The molecule has 0 spiro atoms. The molecule has 1 nitrogen and oxygen atoms in total. The third-order valence-corrected chi connectivity index (χ3v) is 3.53. The van der Waals surface area contributed by atoms with Gasteiger partial charge < -0.3 is 0 Å². The minimum absolute atomic E-state index is 0.120. The number of ketones is 1. The Bertz CT molecular complexity index is 352. The van der Waals surface area contributed by atoms with Gasteiger partial charge in [0, 0.05) is 22.3 Å². The van der Waals surface area contributed by atoms with Gasteiger partial charge in [-0.2, -0.15) is 0 Å². The van der Waals surface area contributed by atoms with Crippen LogP contribution in [0.5, 0.6) is 0 Å². The highest BCUT2D eigenvalue weighted by Gasteiger charge is 2.07. The molecule has 15 heavy (non-hydrogen) atoms. The van der Waals surface area contributed by atoms with E-state index in [4.69, 9.17) is 23.2 Å². The van der Waals surface area contributed by atoms with E-state index in [1.807, 2.05) is 0 Å². The fourth-order valence-electron chi connectivity index (χ4n) is 1.19. The summed E-state index contributed by atoms with van der Waals surface area (Å²) in [7, 11) is 0. The van der Waals surface area contributed by atoms with Crippen LogP contribution in [0.15, 0.2) is 22.7 Å². The van der Waals surface area contributed by atoms with Crippen LogP contribution in [0.1, 0.15) is 29.6 Å². The minimum Gasteiger partial charge on any atom is -0.294 e. The van der Waals surface area contributed by atoms with Crippen LogP contribution < -0.4 is 0 Å². The van der Waals surface area contributed by atoms with Crippen molar-refractivity contribution in [3.05, 3.63) is 33.3 Å². The van der Waals surface area contributed by atoms with Gasteiger partial charge in [0.05, 0.1) is 5.02 Å². The first-order valence-corrected chi connectivity index (χ1v) is 6.40. The number of benzene rings is 1. The third kappa shape index (κ3) is 4.13. The lowest BCUT2D eigenvalue weighted by atomic mass is 10.1. The van der Waals surface area contributed by atoms with Crippen LogP contribution in [0.3, 0.4) is 0 Å². The maximum Gasteiger partial charge on any atom is 0.162 e. The second-order valence-corrected chi connectivity index (χ2v) is 4.84. The van der Waals surface area contributed by atoms with Crippen LogP contribution in [-0.4, -0.2) is 11.7 Å². The van der Waals surface area contributed by atoms with Gasteiger partial charge in [-0.15, -0.1) is 11.6 Å². The first-order valence-electron chi connectivity index (χ1n) is 4.69. The van der Waals surface area contributed by atoms with Crippen LogP contribution in [-0.2, 0) is 0 Å². The number of Topliss-reactive ketones (excluding diaryl/α,β-unsaturated/α-hetero) is 1. The van der Waals surface area contributed by atoms with Crippen LogP contribution in [0.2, 0.25) is 5.02 Å². The molecule has 0 saturated heterocycles. The van der Waals surface area contributed by atoms with Gasteiger partial charge in [0.1, 0.15) is 0 Å². The van der Waals surface area contributed by atoms with E-state index in [1.165, 1.54) is 0 Å². The van der Waals surface area contributed by atoms with Crippen molar-refractivity contribution >= 4 is 44.9 Å². The van der Waals surface area contributed by atoms with Gasteiger partial charge in [0.25, 0.3) is 0 Å². The summed E-state index contributed by atoms with van der Waals surface area (Å²) >= 11 is 14.7. The predicted octanol–water partition coefficient (Wildman–Crippen LogP) is 4.69. The third-order valence-electron chi connectivity index (χ3n) is 2.03. The van der Waals surface area contributed by atoms with Crippen molar-refractivity contribution in [2.75, 3.05) is 5.88 Å². The van der Waals surface area contributed by atoms with Crippen LogP contribution >= 0.6 is 39.1 Å². The molecule has 0 bridgehead atoms. The van der Waals surface area contributed by atoms with Crippen LogP contribution in [0.4, 0.5) is 0 Å². The Morgan fingerprint density at radius 2 is 2.07 bits per heavy atom. The molecule has 0 heterocycles. The van der Waals surface area contributed by atoms with E-state index in [1.54, 1.807) is 18.2 Å². The van der Waals surface area contributed by atoms with Crippen molar-refractivity contribution < 1.29 is 4.79 Å². The van der Waals surface area contributed by atoms with Crippen LogP contribution in [0.25, 0.3) is 0 Å². The van der Waals surface area contributed by atoms with E-state index in [2.05, 4.69) is 15.9 Å².